The summed E-state index contributed by atoms with van der Waals surface area (Å²) in [5, 5.41) is 4.71. The van der Waals surface area contributed by atoms with E-state index in [0.717, 1.165) is 27.2 Å². The topological polar surface area (TPSA) is 34.0 Å². The highest BCUT2D eigenvalue weighted by Gasteiger charge is 2.24. The van der Waals surface area contributed by atoms with Crippen molar-refractivity contribution in [3.8, 4) is 0 Å². The fourth-order valence-corrected chi connectivity index (χ4v) is 2.59. The van der Waals surface area contributed by atoms with Gasteiger partial charge in [-0.1, -0.05) is 11.6 Å². The third kappa shape index (κ3) is 1.46. The molecule has 1 aliphatic rings. The minimum absolute atomic E-state index is 0.00641. The Morgan fingerprint density at radius 2 is 2.18 bits per heavy atom. The van der Waals surface area contributed by atoms with Gasteiger partial charge in [0.15, 0.2) is 0 Å². The molecular formula is C13H13ClN2O. The van der Waals surface area contributed by atoms with E-state index < -0.39 is 0 Å². The highest BCUT2D eigenvalue weighted by Crippen LogP contribution is 2.30. The highest BCUT2D eigenvalue weighted by atomic mass is 35.5. The van der Waals surface area contributed by atoms with E-state index in [2.05, 4.69) is 16.8 Å². The Kier molecular flexibility index (Phi) is 2.20. The van der Waals surface area contributed by atoms with Gasteiger partial charge in [0.2, 0.25) is 0 Å². The highest BCUT2D eigenvalue weighted by molar-refractivity contribution is 6.32. The van der Waals surface area contributed by atoms with Gasteiger partial charge in [-0.15, -0.1) is 0 Å². The van der Waals surface area contributed by atoms with Gasteiger partial charge in [-0.3, -0.25) is 4.79 Å². The van der Waals surface area contributed by atoms with Crippen molar-refractivity contribution in [2.24, 2.45) is 0 Å². The van der Waals surface area contributed by atoms with Crippen LogP contribution in [0.25, 0.3) is 10.9 Å². The number of fused-ring (bicyclic) bond motifs is 3. The van der Waals surface area contributed by atoms with Crippen molar-refractivity contribution >= 4 is 28.4 Å². The molecule has 17 heavy (non-hydrogen) atoms. The summed E-state index contributed by atoms with van der Waals surface area (Å²) in [6.07, 6.45) is 0. The zero-order chi connectivity index (χ0) is 12.2. The van der Waals surface area contributed by atoms with Crippen LogP contribution in [-0.2, 0) is 0 Å². The van der Waals surface area contributed by atoms with Crippen molar-refractivity contribution in [2.45, 2.75) is 19.9 Å². The maximum absolute atomic E-state index is 11.8. The molecule has 1 unspecified atom stereocenters. The average molecular weight is 249 g/mol. The number of aromatic nitrogens is 1. The van der Waals surface area contributed by atoms with Gasteiger partial charge in [0, 0.05) is 23.0 Å². The third-order valence-electron chi connectivity index (χ3n) is 3.35. The van der Waals surface area contributed by atoms with Gasteiger partial charge in [0.05, 0.1) is 5.52 Å². The lowest BCUT2D eigenvalue weighted by atomic mass is 10.2. The number of carbonyl (C=O) groups excluding carboxylic acids is 1. The molecule has 3 nitrogen and oxygen atoms in total. The molecule has 1 N–H and O–H groups in total. The largest absolute Gasteiger partial charge is 0.349 e. The summed E-state index contributed by atoms with van der Waals surface area (Å²) >= 11 is 6.16. The molecule has 3 rings (SSSR count). The molecule has 1 amide bonds. The number of halogens is 1. The quantitative estimate of drug-likeness (QED) is 0.764. The van der Waals surface area contributed by atoms with Crippen molar-refractivity contribution in [3.63, 3.8) is 0 Å². The Bertz CT molecular complexity index is 630. The number of nitrogens with one attached hydrogen (secondary N) is 1. The second-order valence-corrected chi connectivity index (χ2v) is 5.03. The van der Waals surface area contributed by atoms with Crippen LogP contribution < -0.4 is 5.32 Å². The Labute approximate surface area is 104 Å². The zero-order valence-corrected chi connectivity index (χ0v) is 10.5. The van der Waals surface area contributed by atoms with Crippen molar-refractivity contribution in [3.05, 3.63) is 34.5 Å². The molecule has 0 spiro atoms. The number of hydrogen-bond donors (Lipinski definition) is 1. The van der Waals surface area contributed by atoms with E-state index >= 15 is 0 Å². The smallest absolute Gasteiger partial charge is 0.268 e. The lowest BCUT2D eigenvalue weighted by Crippen LogP contribution is -2.37. The molecule has 2 heterocycles. The van der Waals surface area contributed by atoms with Crippen LogP contribution in [0.15, 0.2) is 18.2 Å². The predicted octanol–water partition coefficient (Wildman–Crippen LogP) is 2.91. The van der Waals surface area contributed by atoms with Gasteiger partial charge in [0.25, 0.3) is 5.91 Å². The number of hydrogen-bond acceptors (Lipinski definition) is 1. The Morgan fingerprint density at radius 3 is 2.94 bits per heavy atom. The van der Waals surface area contributed by atoms with Crippen molar-refractivity contribution in [1.82, 2.24) is 9.88 Å². The molecule has 2 aromatic rings. The van der Waals surface area contributed by atoms with Crippen molar-refractivity contribution < 1.29 is 4.79 Å². The first-order chi connectivity index (χ1) is 8.08. The molecule has 1 aromatic carbocycles. The van der Waals surface area contributed by atoms with Gasteiger partial charge in [-0.25, -0.2) is 0 Å². The van der Waals surface area contributed by atoms with Crippen LogP contribution in [0.5, 0.6) is 0 Å². The van der Waals surface area contributed by atoms with Gasteiger partial charge in [-0.05, 0) is 37.6 Å². The van der Waals surface area contributed by atoms with E-state index in [1.807, 2.05) is 25.1 Å². The normalized spacial score (nSPS) is 19.2. The van der Waals surface area contributed by atoms with Gasteiger partial charge < -0.3 is 9.88 Å². The number of aryl methyl sites for hydroxylation is 1. The number of rotatable bonds is 0. The summed E-state index contributed by atoms with van der Waals surface area (Å²) < 4.78 is 2.07. The van der Waals surface area contributed by atoms with E-state index in [9.17, 15) is 4.79 Å². The second-order valence-electron chi connectivity index (χ2n) is 4.62. The summed E-state index contributed by atoms with van der Waals surface area (Å²) in [4.78, 5) is 11.8. The molecular weight excluding hydrogens is 236 g/mol. The zero-order valence-electron chi connectivity index (χ0n) is 9.75. The number of nitrogens with zero attached hydrogens (tertiary/aromatic N) is 1. The summed E-state index contributed by atoms with van der Waals surface area (Å²) in [7, 11) is 0. The second kappa shape index (κ2) is 3.50. The first kappa shape index (κ1) is 10.7. The summed E-state index contributed by atoms with van der Waals surface area (Å²) in [5.41, 5.74) is 2.80. The molecule has 0 radical (unpaired) electrons. The first-order valence-corrected chi connectivity index (χ1v) is 6.05. The van der Waals surface area contributed by atoms with Crippen LogP contribution in [0.3, 0.4) is 0 Å². The number of amides is 1. The van der Waals surface area contributed by atoms with Crippen LogP contribution in [0.4, 0.5) is 0 Å². The van der Waals surface area contributed by atoms with E-state index in [1.54, 1.807) is 0 Å². The molecule has 0 aliphatic carbocycles. The van der Waals surface area contributed by atoms with Crippen molar-refractivity contribution in [1.29, 1.82) is 0 Å². The van der Waals surface area contributed by atoms with E-state index in [0.29, 0.717) is 6.54 Å². The van der Waals surface area contributed by atoms with Crippen LogP contribution in [0, 0.1) is 6.92 Å². The van der Waals surface area contributed by atoms with Crippen molar-refractivity contribution in [2.75, 3.05) is 6.54 Å². The van der Waals surface area contributed by atoms with Crippen LogP contribution >= 0.6 is 11.6 Å². The molecule has 0 fully saturated rings. The molecule has 1 atom stereocenters. The maximum Gasteiger partial charge on any atom is 0.268 e. The monoisotopic (exact) mass is 248 g/mol. The van der Waals surface area contributed by atoms with E-state index in [-0.39, 0.29) is 11.9 Å². The maximum atomic E-state index is 11.8. The molecule has 4 heteroatoms. The Balaban J connectivity index is 2.38. The SMILES string of the molecule is Cc1cc2cc3n(c2cc1Cl)C(C)CNC3=O. The predicted molar refractivity (Wildman–Crippen MR) is 68.7 cm³/mol. The van der Waals surface area contributed by atoms with E-state index in [4.69, 9.17) is 11.6 Å². The summed E-state index contributed by atoms with van der Waals surface area (Å²) in [6, 6.07) is 6.18. The Morgan fingerprint density at radius 1 is 1.41 bits per heavy atom. The first-order valence-electron chi connectivity index (χ1n) is 5.67. The fraction of sp³-hybridized carbons (Fsp3) is 0.308. The molecule has 0 saturated carbocycles. The number of carbonyl (C=O) groups is 1. The molecule has 1 aromatic heterocycles. The van der Waals surface area contributed by atoms with Crippen LogP contribution in [-0.4, -0.2) is 17.0 Å². The van der Waals surface area contributed by atoms with Gasteiger partial charge in [-0.2, -0.15) is 0 Å². The average Bonchev–Trinajstić information content (AvgIpc) is 2.64. The molecule has 1 aliphatic heterocycles. The molecule has 0 bridgehead atoms. The summed E-state index contributed by atoms with van der Waals surface area (Å²) in [5.74, 6) is -0.00641. The van der Waals surface area contributed by atoms with Crippen LogP contribution in [0.2, 0.25) is 5.02 Å². The van der Waals surface area contributed by atoms with Gasteiger partial charge in [0.1, 0.15) is 5.69 Å². The third-order valence-corrected chi connectivity index (χ3v) is 3.76. The standard InChI is InChI=1S/C13H13ClN2O/c1-7-3-9-4-12-13(17)15-6-8(2)16(12)11(9)5-10(7)14/h3-5,8H,6H2,1-2H3,(H,15,17). The lowest BCUT2D eigenvalue weighted by Gasteiger charge is -2.24. The minimum Gasteiger partial charge on any atom is -0.349 e. The minimum atomic E-state index is -0.00641. The van der Waals surface area contributed by atoms with E-state index in [1.165, 1.54) is 0 Å². The summed E-state index contributed by atoms with van der Waals surface area (Å²) in [6.45, 7) is 4.74. The lowest BCUT2D eigenvalue weighted by molar-refractivity contribution is 0.0919. The van der Waals surface area contributed by atoms with Crippen LogP contribution in [0.1, 0.15) is 29.0 Å². The molecule has 0 saturated heterocycles. The number of benzene rings is 1. The fourth-order valence-electron chi connectivity index (χ4n) is 2.44. The van der Waals surface area contributed by atoms with Gasteiger partial charge >= 0.3 is 0 Å². The Hall–Kier alpha value is -1.48. The molecule has 88 valence electrons.